The Labute approximate surface area is 138 Å². The first-order valence-corrected chi connectivity index (χ1v) is 7.30. The molecule has 0 aliphatic rings. The fourth-order valence-electron chi connectivity index (χ4n) is 2.13. The van der Waals surface area contributed by atoms with Gasteiger partial charge in [-0.1, -0.05) is 35.9 Å². The maximum Gasteiger partial charge on any atom is 0.292 e. The first-order chi connectivity index (χ1) is 11.0. The largest absolute Gasteiger partial charge is 0.319 e. The van der Waals surface area contributed by atoms with Crippen LogP contribution in [0.2, 0.25) is 5.02 Å². The minimum atomic E-state index is -0.521. The van der Waals surface area contributed by atoms with Crippen molar-refractivity contribution in [3.63, 3.8) is 0 Å². The molecule has 0 heterocycles. The van der Waals surface area contributed by atoms with Crippen LogP contribution < -0.4 is 5.32 Å². The van der Waals surface area contributed by atoms with Crippen LogP contribution in [0.5, 0.6) is 0 Å². The number of carbonyl (C=O) groups is 1. The van der Waals surface area contributed by atoms with Gasteiger partial charge in [0.15, 0.2) is 0 Å². The molecule has 0 saturated heterocycles. The molecule has 0 spiro atoms. The smallest absolute Gasteiger partial charge is 0.292 e. The number of amides is 1. The standard InChI is InChI=1S/C16H16ClN3O3/c1-19(10-12-6-8-13(17)9-7-12)11-16(21)18-14-4-2-3-5-15(14)20(22)23/h2-9H,10-11H2,1H3,(H,18,21). The van der Waals surface area contributed by atoms with Crippen LogP contribution in [-0.2, 0) is 11.3 Å². The third-order valence-electron chi connectivity index (χ3n) is 3.15. The van der Waals surface area contributed by atoms with Crippen LogP contribution in [0, 0.1) is 10.1 Å². The summed E-state index contributed by atoms with van der Waals surface area (Å²) in [5, 5.41) is 14.2. The highest BCUT2D eigenvalue weighted by Gasteiger charge is 2.15. The summed E-state index contributed by atoms with van der Waals surface area (Å²) in [5.74, 6) is -0.309. The SMILES string of the molecule is CN(CC(=O)Nc1ccccc1[N+](=O)[O-])Cc1ccc(Cl)cc1. The average molecular weight is 334 g/mol. The van der Waals surface area contributed by atoms with Gasteiger partial charge in [0.05, 0.1) is 11.5 Å². The summed E-state index contributed by atoms with van der Waals surface area (Å²) in [4.78, 5) is 24.3. The van der Waals surface area contributed by atoms with E-state index in [0.29, 0.717) is 11.6 Å². The maximum absolute atomic E-state index is 12.0. The Morgan fingerprint density at radius 2 is 1.87 bits per heavy atom. The average Bonchev–Trinajstić information content (AvgIpc) is 2.49. The number of carbonyl (C=O) groups excluding carboxylic acids is 1. The van der Waals surface area contributed by atoms with Gasteiger partial charge < -0.3 is 5.32 Å². The van der Waals surface area contributed by atoms with Crippen LogP contribution in [0.4, 0.5) is 11.4 Å². The molecule has 0 unspecified atom stereocenters. The summed E-state index contributed by atoms with van der Waals surface area (Å²) in [6.07, 6.45) is 0. The van der Waals surface area contributed by atoms with Gasteiger partial charge >= 0.3 is 0 Å². The number of hydrogen-bond acceptors (Lipinski definition) is 4. The van der Waals surface area contributed by atoms with Crippen molar-refractivity contribution < 1.29 is 9.72 Å². The zero-order chi connectivity index (χ0) is 16.8. The van der Waals surface area contributed by atoms with Gasteiger partial charge in [-0.25, -0.2) is 0 Å². The van der Waals surface area contributed by atoms with E-state index in [4.69, 9.17) is 11.6 Å². The van der Waals surface area contributed by atoms with E-state index in [9.17, 15) is 14.9 Å². The topological polar surface area (TPSA) is 75.5 Å². The van der Waals surface area contributed by atoms with E-state index >= 15 is 0 Å². The number of nitrogens with one attached hydrogen (secondary N) is 1. The molecule has 1 N–H and O–H groups in total. The van der Waals surface area contributed by atoms with Gasteiger partial charge in [0.2, 0.25) is 5.91 Å². The lowest BCUT2D eigenvalue weighted by Gasteiger charge is -2.16. The van der Waals surface area contributed by atoms with Gasteiger partial charge in [-0.15, -0.1) is 0 Å². The number of nitrogens with zero attached hydrogens (tertiary/aromatic N) is 2. The molecule has 6 nitrogen and oxygen atoms in total. The Balaban J connectivity index is 1.94. The zero-order valence-electron chi connectivity index (χ0n) is 12.5. The molecule has 0 aliphatic carbocycles. The molecule has 0 aliphatic heterocycles. The van der Waals surface area contributed by atoms with E-state index in [0.717, 1.165) is 5.56 Å². The van der Waals surface area contributed by atoms with Crippen molar-refractivity contribution in [3.8, 4) is 0 Å². The van der Waals surface area contributed by atoms with Gasteiger partial charge in [0.25, 0.3) is 5.69 Å². The van der Waals surface area contributed by atoms with Gasteiger partial charge in [-0.05, 0) is 30.8 Å². The van der Waals surface area contributed by atoms with E-state index in [1.54, 1.807) is 31.3 Å². The third-order valence-corrected chi connectivity index (χ3v) is 3.41. The number of benzene rings is 2. The van der Waals surface area contributed by atoms with Crippen LogP contribution in [0.25, 0.3) is 0 Å². The minimum Gasteiger partial charge on any atom is -0.319 e. The van der Waals surface area contributed by atoms with E-state index in [1.165, 1.54) is 12.1 Å². The fourth-order valence-corrected chi connectivity index (χ4v) is 2.26. The number of likely N-dealkylation sites (N-methyl/N-ethyl adjacent to an activating group) is 1. The van der Waals surface area contributed by atoms with Crippen LogP contribution in [0.1, 0.15) is 5.56 Å². The highest BCUT2D eigenvalue weighted by Crippen LogP contribution is 2.23. The van der Waals surface area contributed by atoms with Crippen molar-refractivity contribution in [2.45, 2.75) is 6.54 Å². The van der Waals surface area contributed by atoms with Crippen molar-refractivity contribution in [1.82, 2.24) is 4.90 Å². The first kappa shape index (κ1) is 16.9. The molecule has 2 aromatic rings. The van der Waals surface area contributed by atoms with Crippen LogP contribution in [-0.4, -0.2) is 29.3 Å². The van der Waals surface area contributed by atoms with Crippen LogP contribution in [0.3, 0.4) is 0 Å². The lowest BCUT2D eigenvalue weighted by Crippen LogP contribution is -2.30. The van der Waals surface area contributed by atoms with E-state index in [2.05, 4.69) is 5.32 Å². The molecular formula is C16H16ClN3O3. The number of halogens is 1. The molecule has 23 heavy (non-hydrogen) atoms. The summed E-state index contributed by atoms with van der Waals surface area (Å²) >= 11 is 5.83. The van der Waals surface area contributed by atoms with Crippen molar-refractivity contribution in [2.75, 3.05) is 18.9 Å². The molecule has 120 valence electrons. The predicted molar refractivity (Wildman–Crippen MR) is 89.5 cm³/mol. The third kappa shape index (κ3) is 5.05. The Hall–Kier alpha value is -2.44. The number of nitro groups is 1. The van der Waals surface area contributed by atoms with E-state index < -0.39 is 4.92 Å². The molecule has 2 rings (SSSR count). The van der Waals surface area contributed by atoms with Gasteiger partial charge in [-0.3, -0.25) is 19.8 Å². The Kier molecular flexibility index (Phi) is 5.67. The summed E-state index contributed by atoms with van der Waals surface area (Å²) in [6.45, 7) is 0.691. The maximum atomic E-state index is 12.0. The van der Waals surface area contributed by atoms with E-state index in [1.807, 2.05) is 17.0 Å². The number of anilines is 1. The van der Waals surface area contributed by atoms with Gasteiger partial charge in [0.1, 0.15) is 5.69 Å². The van der Waals surface area contributed by atoms with Gasteiger partial charge in [-0.2, -0.15) is 0 Å². The van der Waals surface area contributed by atoms with Crippen LogP contribution in [0.15, 0.2) is 48.5 Å². The molecule has 2 aromatic carbocycles. The van der Waals surface area contributed by atoms with Crippen molar-refractivity contribution in [2.24, 2.45) is 0 Å². The van der Waals surface area contributed by atoms with Gasteiger partial charge in [0, 0.05) is 17.6 Å². The van der Waals surface area contributed by atoms with Crippen molar-refractivity contribution >= 4 is 28.9 Å². The molecule has 0 fully saturated rings. The lowest BCUT2D eigenvalue weighted by atomic mass is 10.2. The zero-order valence-corrected chi connectivity index (χ0v) is 13.3. The molecule has 0 atom stereocenters. The Morgan fingerprint density at radius 1 is 1.22 bits per heavy atom. The Morgan fingerprint density at radius 3 is 2.52 bits per heavy atom. The lowest BCUT2D eigenvalue weighted by molar-refractivity contribution is -0.383. The molecular weight excluding hydrogens is 318 g/mol. The number of rotatable bonds is 6. The summed E-state index contributed by atoms with van der Waals surface area (Å²) in [7, 11) is 1.80. The summed E-state index contributed by atoms with van der Waals surface area (Å²) in [5.41, 5.74) is 1.10. The van der Waals surface area contributed by atoms with Crippen LogP contribution >= 0.6 is 11.6 Å². The normalized spacial score (nSPS) is 10.6. The van der Waals surface area contributed by atoms with Crippen molar-refractivity contribution in [1.29, 1.82) is 0 Å². The Bertz CT molecular complexity index is 704. The van der Waals surface area contributed by atoms with E-state index in [-0.39, 0.29) is 23.8 Å². The second-order valence-corrected chi connectivity index (χ2v) is 5.56. The molecule has 1 amide bonds. The highest BCUT2D eigenvalue weighted by molar-refractivity contribution is 6.30. The quantitative estimate of drug-likeness (QED) is 0.650. The summed E-state index contributed by atoms with van der Waals surface area (Å²) in [6, 6.07) is 13.4. The second-order valence-electron chi connectivity index (χ2n) is 5.12. The molecule has 0 bridgehead atoms. The fraction of sp³-hybridized carbons (Fsp3) is 0.188. The summed E-state index contributed by atoms with van der Waals surface area (Å²) < 4.78 is 0. The highest BCUT2D eigenvalue weighted by atomic mass is 35.5. The number of hydrogen-bond donors (Lipinski definition) is 1. The second kappa shape index (κ2) is 7.71. The molecule has 0 aromatic heterocycles. The number of nitro benzene ring substituents is 1. The monoisotopic (exact) mass is 333 g/mol. The first-order valence-electron chi connectivity index (χ1n) is 6.92. The predicted octanol–water partition coefficient (Wildman–Crippen LogP) is 3.32. The molecule has 0 radical (unpaired) electrons. The molecule has 0 saturated carbocycles. The number of para-hydroxylation sites is 2. The minimum absolute atomic E-state index is 0.120. The van der Waals surface area contributed by atoms with Crippen molar-refractivity contribution in [3.05, 3.63) is 69.2 Å². The molecule has 7 heteroatoms.